The summed E-state index contributed by atoms with van der Waals surface area (Å²) < 4.78 is 0. The van der Waals surface area contributed by atoms with Gasteiger partial charge in [0.05, 0.1) is 0 Å². The first-order valence-corrected chi connectivity index (χ1v) is 8.14. The molecule has 0 bridgehead atoms. The van der Waals surface area contributed by atoms with E-state index in [4.69, 9.17) is 5.11 Å². The van der Waals surface area contributed by atoms with Gasteiger partial charge in [-0.3, -0.25) is 0 Å². The van der Waals surface area contributed by atoms with Gasteiger partial charge in [-0.1, -0.05) is 61.9 Å². The second-order valence-corrected chi connectivity index (χ2v) is 6.10. The summed E-state index contributed by atoms with van der Waals surface area (Å²) in [5.74, 6) is 0. The zero-order chi connectivity index (χ0) is 14.7. The Morgan fingerprint density at radius 3 is 1.90 bits per heavy atom. The molecule has 0 atom stereocenters. The van der Waals surface area contributed by atoms with Gasteiger partial charge in [-0.2, -0.15) is 0 Å². The van der Waals surface area contributed by atoms with E-state index >= 15 is 0 Å². The summed E-state index contributed by atoms with van der Waals surface area (Å²) in [5.41, 5.74) is 5.95. The smallest absolute Gasteiger partial charge is 0.0431 e. The van der Waals surface area contributed by atoms with E-state index in [0.29, 0.717) is 6.61 Å². The van der Waals surface area contributed by atoms with Gasteiger partial charge in [-0.15, -0.1) is 0 Å². The lowest BCUT2D eigenvalue weighted by molar-refractivity contribution is 0.275. The van der Waals surface area contributed by atoms with Crippen molar-refractivity contribution in [3.8, 4) is 11.1 Å². The minimum Gasteiger partial charge on any atom is -0.396 e. The molecular weight excluding hydrogens is 256 g/mol. The Kier molecular flexibility index (Phi) is 4.12. The highest BCUT2D eigenvalue weighted by Gasteiger charge is 2.41. The summed E-state index contributed by atoms with van der Waals surface area (Å²) in [5, 5.41) is 9.14. The predicted molar refractivity (Wildman–Crippen MR) is 88.5 cm³/mol. The van der Waals surface area contributed by atoms with Gasteiger partial charge in [0.1, 0.15) is 0 Å². The molecule has 1 heteroatoms. The first kappa shape index (κ1) is 14.3. The summed E-state index contributed by atoms with van der Waals surface area (Å²) in [7, 11) is 0. The van der Waals surface area contributed by atoms with Crippen LogP contribution in [0.2, 0.25) is 0 Å². The van der Waals surface area contributed by atoms with Gasteiger partial charge >= 0.3 is 0 Å². The average Bonchev–Trinajstić information content (AvgIpc) is 2.80. The standard InChI is InChI=1S/C20H24O/c1-2-13-20(14-7-8-15-21)18-11-5-3-9-16(18)17-10-4-6-12-19(17)20/h3-6,9-12,21H,2,7-8,13-15H2,1H3. The minimum atomic E-state index is 0.150. The highest BCUT2D eigenvalue weighted by molar-refractivity contribution is 5.80. The third kappa shape index (κ3) is 2.30. The summed E-state index contributed by atoms with van der Waals surface area (Å²) >= 11 is 0. The molecule has 0 spiro atoms. The Hall–Kier alpha value is -1.60. The molecule has 0 aliphatic heterocycles. The second-order valence-electron chi connectivity index (χ2n) is 6.10. The summed E-state index contributed by atoms with van der Waals surface area (Å²) in [6.07, 6.45) is 5.48. The molecule has 2 aromatic rings. The average molecular weight is 280 g/mol. The van der Waals surface area contributed by atoms with Crippen LogP contribution in [0.25, 0.3) is 11.1 Å². The number of hydrogen-bond donors (Lipinski definition) is 1. The highest BCUT2D eigenvalue weighted by atomic mass is 16.2. The molecule has 0 fully saturated rings. The van der Waals surface area contributed by atoms with Gasteiger partial charge < -0.3 is 5.11 Å². The molecule has 1 nitrogen and oxygen atoms in total. The van der Waals surface area contributed by atoms with Gasteiger partial charge in [0.25, 0.3) is 0 Å². The minimum absolute atomic E-state index is 0.150. The fourth-order valence-corrected chi connectivity index (χ4v) is 4.04. The Bertz CT molecular complexity index is 569. The van der Waals surface area contributed by atoms with Crippen molar-refractivity contribution in [1.29, 1.82) is 0 Å². The van der Waals surface area contributed by atoms with E-state index in [1.54, 1.807) is 0 Å². The molecule has 0 aromatic heterocycles. The van der Waals surface area contributed by atoms with Crippen molar-refractivity contribution < 1.29 is 5.11 Å². The van der Waals surface area contributed by atoms with Crippen LogP contribution in [0.3, 0.4) is 0 Å². The molecule has 1 aliphatic carbocycles. The van der Waals surface area contributed by atoms with Crippen LogP contribution in [-0.2, 0) is 5.41 Å². The Labute approximate surface area is 127 Å². The zero-order valence-corrected chi connectivity index (χ0v) is 12.8. The van der Waals surface area contributed by atoms with E-state index < -0.39 is 0 Å². The van der Waals surface area contributed by atoms with Crippen molar-refractivity contribution in [3.63, 3.8) is 0 Å². The van der Waals surface area contributed by atoms with Crippen molar-refractivity contribution >= 4 is 0 Å². The molecule has 3 rings (SSSR count). The third-order valence-electron chi connectivity index (χ3n) is 4.86. The summed E-state index contributed by atoms with van der Waals surface area (Å²) in [4.78, 5) is 0. The fourth-order valence-electron chi connectivity index (χ4n) is 4.04. The molecule has 0 unspecified atom stereocenters. The highest BCUT2D eigenvalue weighted by Crippen LogP contribution is 2.53. The maximum absolute atomic E-state index is 9.14. The lowest BCUT2D eigenvalue weighted by Crippen LogP contribution is -2.25. The Morgan fingerprint density at radius 2 is 1.38 bits per heavy atom. The molecule has 0 heterocycles. The maximum atomic E-state index is 9.14. The van der Waals surface area contributed by atoms with Crippen LogP contribution in [0.1, 0.15) is 50.2 Å². The number of benzene rings is 2. The summed E-state index contributed by atoms with van der Waals surface area (Å²) in [6, 6.07) is 17.8. The monoisotopic (exact) mass is 280 g/mol. The van der Waals surface area contributed by atoms with Crippen molar-refractivity contribution in [2.75, 3.05) is 6.61 Å². The molecule has 110 valence electrons. The largest absolute Gasteiger partial charge is 0.396 e. The molecule has 0 saturated heterocycles. The third-order valence-corrected chi connectivity index (χ3v) is 4.86. The van der Waals surface area contributed by atoms with Crippen LogP contribution < -0.4 is 0 Å². The lowest BCUT2D eigenvalue weighted by atomic mass is 9.71. The molecule has 0 saturated carbocycles. The molecule has 0 amide bonds. The molecule has 0 radical (unpaired) electrons. The molecule has 2 aromatic carbocycles. The van der Waals surface area contributed by atoms with E-state index in [1.807, 2.05) is 0 Å². The van der Waals surface area contributed by atoms with Crippen LogP contribution in [0.4, 0.5) is 0 Å². The van der Waals surface area contributed by atoms with E-state index in [9.17, 15) is 0 Å². The van der Waals surface area contributed by atoms with Crippen LogP contribution in [0, 0.1) is 0 Å². The van der Waals surface area contributed by atoms with Crippen LogP contribution in [-0.4, -0.2) is 11.7 Å². The number of unbranched alkanes of at least 4 members (excludes halogenated alkanes) is 1. The number of hydrogen-bond acceptors (Lipinski definition) is 1. The van der Waals surface area contributed by atoms with Crippen molar-refractivity contribution in [3.05, 3.63) is 59.7 Å². The second kappa shape index (κ2) is 6.03. The van der Waals surface area contributed by atoms with E-state index in [1.165, 1.54) is 35.1 Å². The quantitative estimate of drug-likeness (QED) is 0.745. The fraction of sp³-hybridized carbons (Fsp3) is 0.400. The maximum Gasteiger partial charge on any atom is 0.0431 e. The van der Waals surface area contributed by atoms with Gasteiger partial charge in [-0.25, -0.2) is 0 Å². The van der Waals surface area contributed by atoms with Gasteiger partial charge in [0, 0.05) is 12.0 Å². The van der Waals surface area contributed by atoms with E-state index in [0.717, 1.165) is 19.3 Å². The van der Waals surface area contributed by atoms with Crippen LogP contribution in [0.5, 0.6) is 0 Å². The van der Waals surface area contributed by atoms with Crippen molar-refractivity contribution in [1.82, 2.24) is 0 Å². The molecular formula is C20H24O. The molecule has 1 aliphatic rings. The summed E-state index contributed by atoms with van der Waals surface area (Å²) in [6.45, 7) is 2.57. The van der Waals surface area contributed by atoms with Crippen LogP contribution >= 0.6 is 0 Å². The van der Waals surface area contributed by atoms with Crippen molar-refractivity contribution in [2.24, 2.45) is 0 Å². The normalized spacial score (nSPS) is 14.8. The molecule has 21 heavy (non-hydrogen) atoms. The zero-order valence-electron chi connectivity index (χ0n) is 12.8. The number of fused-ring (bicyclic) bond motifs is 3. The van der Waals surface area contributed by atoms with Gasteiger partial charge in [0.15, 0.2) is 0 Å². The predicted octanol–water partition coefficient (Wildman–Crippen LogP) is 4.92. The lowest BCUT2D eigenvalue weighted by Gasteiger charge is -2.32. The molecule has 1 N–H and O–H groups in total. The number of aliphatic hydroxyl groups is 1. The number of rotatable bonds is 6. The topological polar surface area (TPSA) is 20.2 Å². The first-order valence-electron chi connectivity index (χ1n) is 8.14. The first-order chi connectivity index (χ1) is 10.3. The van der Waals surface area contributed by atoms with E-state index in [-0.39, 0.29) is 5.41 Å². The van der Waals surface area contributed by atoms with E-state index in [2.05, 4.69) is 55.5 Å². The Balaban J connectivity index is 2.13. The SMILES string of the molecule is CCCC1(CCCCO)c2ccccc2-c2ccccc21. The van der Waals surface area contributed by atoms with Crippen LogP contribution in [0.15, 0.2) is 48.5 Å². The Morgan fingerprint density at radius 1 is 0.810 bits per heavy atom. The number of aliphatic hydroxyl groups excluding tert-OH is 1. The van der Waals surface area contributed by atoms with Gasteiger partial charge in [-0.05, 0) is 47.9 Å². The van der Waals surface area contributed by atoms with Gasteiger partial charge in [0.2, 0.25) is 0 Å². The van der Waals surface area contributed by atoms with Crippen molar-refractivity contribution in [2.45, 2.75) is 44.4 Å².